The molecule has 1 aromatic carbocycles. The Morgan fingerprint density at radius 3 is 2.77 bits per heavy atom. The Hall–Kier alpha value is -1.18. The van der Waals surface area contributed by atoms with Gasteiger partial charge in [-0.2, -0.15) is 4.37 Å². The van der Waals surface area contributed by atoms with E-state index in [4.69, 9.17) is 11.6 Å². The summed E-state index contributed by atoms with van der Waals surface area (Å²) in [5.41, 5.74) is 1.03. The molecular formula is C18H24ClN3O2S2. The van der Waals surface area contributed by atoms with E-state index in [9.17, 15) is 8.42 Å². The van der Waals surface area contributed by atoms with E-state index >= 15 is 0 Å². The first-order valence-electron chi connectivity index (χ1n) is 9.01. The maximum Gasteiger partial charge on any atom is 0.263 e. The van der Waals surface area contributed by atoms with Crippen LogP contribution in [0.2, 0.25) is 5.02 Å². The lowest BCUT2D eigenvalue weighted by Gasteiger charge is -2.36. The van der Waals surface area contributed by atoms with Crippen LogP contribution in [0.1, 0.15) is 57.4 Å². The molecule has 3 atom stereocenters. The fourth-order valence-electron chi connectivity index (χ4n) is 4.07. The summed E-state index contributed by atoms with van der Waals surface area (Å²) in [6.45, 7) is 4.47. The number of benzene rings is 1. The topological polar surface area (TPSA) is 72.0 Å². The molecule has 0 saturated heterocycles. The predicted octanol–water partition coefficient (Wildman–Crippen LogP) is 5.31. The summed E-state index contributed by atoms with van der Waals surface area (Å²) in [4.78, 5) is 4.00. The molecule has 0 aliphatic heterocycles. The van der Waals surface area contributed by atoms with Crippen LogP contribution in [0, 0.1) is 11.8 Å². The zero-order valence-electron chi connectivity index (χ0n) is 15.0. The number of nitrogens with one attached hydrogen (secondary N) is 1. The van der Waals surface area contributed by atoms with Gasteiger partial charge in [-0.25, -0.2) is 13.4 Å². The molecule has 3 rings (SSSR count). The minimum absolute atomic E-state index is 0.143. The highest BCUT2D eigenvalue weighted by molar-refractivity contribution is 7.93. The Labute approximate surface area is 164 Å². The molecule has 26 heavy (non-hydrogen) atoms. The van der Waals surface area contributed by atoms with Crippen LogP contribution in [0.25, 0.3) is 0 Å². The molecule has 5 nitrogen and oxygen atoms in total. The third kappa shape index (κ3) is 4.21. The number of nitrogens with zero attached hydrogens (tertiary/aromatic N) is 2. The van der Waals surface area contributed by atoms with E-state index in [2.05, 4.69) is 27.9 Å². The van der Waals surface area contributed by atoms with Crippen molar-refractivity contribution >= 4 is 38.3 Å². The molecule has 0 radical (unpaired) electrons. The van der Waals surface area contributed by atoms with Crippen molar-refractivity contribution in [2.75, 3.05) is 4.72 Å². The third-order valence-corrected chi connectivity index (χ3v) is 7.86. The SMILES string of the molecule is CC[C@H]1CCCCC1[C@H](C)c1ccc(S(=O)(=O)Nc2ncns2)cc1Cl. The van der Waals surface area contributed by atoms with Crippen molar-refractivity contribution in [2.45, 2.75) is 56.8 Å². The van der Waals surface area contributed by atoms with E-state index in [1.54, 1.807) is 12.1 Å². The molecule has 0 bridgehead atoms. The molecule has 1 heterocycles. The second-order valence-corrected chi connectivity index (χ2v) is 9.81. The molecule has 1 aromatic heterocycles. The van der Waals surface area contributed by atoms with E-state index in [-0.39, 0.29) is 10.0 Å². The fraction of sp³-hybridized carbons (Fsp3) is 0.556. The van der Waals surface area contributed by atoms with Gasteiger partial charge in [-0.05, 0) is 41.9 Å². The van der Waals surface area contributed by atoms with Crippen LogP contribution in [-0.4, -0.2) is 17.8 Å². The maximum absolute atomic E-state index is 12.5. The largest absolute Gasteiger partial charge is 0.263 e. The summed E-state index contributed by atoms with van der Waals surface area (Å²) in [7, 11) is -3.72. The number of aromatic nitrogens is 2. The Kier molecular flexibility index (Phi) is 6.20. The van der Waals surface area contributed by atoms with E-state index < -0.39 is 10.0 Å². The number of rotatable bonds is 6. The first-order chi connectivity index (χ1) is 12.4. The number of halogens is 1. The highest BCUT2D eigenvalue weighted by atomic mass is 35.5. The Morgan fingerprint density at radius 1 is 1.35 bits per heavy atom. The van der Waals surface area contributed by atoms with Crippen LogP contribution in [0.3, 0.4) is 0 Å². The molecule has 8 heteroatoms. The number of hydrogen-bond acceptors (Lipinski definition) is 5. The molecule has 1 unspecified atom stereocenters. The summed E-state index contributed by atoms with van der Waals surface area (Å²) in [6.07, 6.45) is 7.57. The highest BCUT2D eigenvalue weighted by Crippen LogP contribution is 2.43. The number of anilines is 1. The zero-order chi connectivity index (χ0) is 18.7. The summed E-state index contributed by atoms with van der Waals surface area (Å²) in [6, 6.07) is 5.04. The average Bonchev–Trinajstić information content (AvgIpc) is 3.13. The second-order valence-electron chi connectivity index (χ2n) is 6.94. The third-order valence-electron chi connectivity index (χ3n) is 5.49. The summed E-state index contributed by atoms with van der Waals surface area (Å²) in [5.74, 6) is 1.64. The van der Waals surface area contributed by atoms with Gasteiger partial charge in [0.1, 0.15) is 6.33 Å². The Bertz CT molecular complexity index is 840. The van der Waals surface area contributed by atoms with Gasteiger partial charge in [-0.3, -0.25) is 4.72 Å². The maximum atomic E-state index is 12.5. The van der Waals surface area contributed by atoms with Crippen molar-refractivity contribution in [2.24, 2.45) is 11.8 Å². The molecule has 2 aromatic rings. The molecular weight excluding hydrogens is 390 g/mol. The lowest BCUT2D eigenvalue weighted by molar-refractivity contribution is 0.201. The first-order valence-corrected chi connectivity index (χ1v) is 11.6. The van der Waals surface area contributed by atoms with Gasteiger partial charge in [-0.15, -0.1) is 0 Å². The van der Waals surface area contributed by atoms with Crippen molar-refractivity contribution in [3.63, 3.8) is 0 Å². The quantitative estimate of drug-likeness (QED) is 0.696. The van der Waals surface area contributed by atoms with Crippen LogP contribution < -0.4 is 4.72 Å². The highest BCUT2D eigenvalue weighted by Gasteiger charge is 2.30. The van der Waals surface area contributed by atoms with Gasteiger partial charge in [0.25, 0.3) is 10.0 Å². The predicted molar refractivity (Wildman–Crippen MR) is 106 cm³/mol. The first kappa shape index (κ1) is 19.6. The van der Waals surface area contributed by atoms with Crippen LogP contribution in [-0.2, 0) is 10.0 Å². The zero-order valence-corrected chi connectivity index (χ0v) is 17.4. The second kappa shape index (κ2) is 8.23. The molecule has 1 saturated carbocycles. The molecule has 1 aliphatic carbocycles. The summed E-state index contributed by atoms with van der Waals surface area (Å²) in [5, 5.41) is 0.754. The van der Waals surface area contributed by atoms with Crippen molar-refractivity contribution in [1.82, 2.24) is 9.36 Å². The number of hydrogen-bond donors (Lipinski definition) is 1. The minimum atomic E-state index is -3.72. The average molecular weight is 414 g/mol. The number of sulfonamides is 1. The van der Waals surface area contributed by atoms with Crippen molar-refractivity contribution < 1.29 is 8.42 Å². The van der Waals surface area contributed by atoms with Gasteiger partial charge in [0.15, 0.2) is 0 Å². The monoisotopic (exact) mass is 413 g/mol. The van der Waals surface area contributed by atoms with Crippen molar-refractivity contribution in [3.8, 4) is 0 Å². The van der Waals surface area contributed by atoms with E-state index in [0.29, 0.717) is 16.9 Å². The van der Waals surface area contributed by atoms with Crippen molar-refractivity contribution in [3.05, 3.63) is 35.1 Å². The molecule has 1 N–H and O–H groups in total. The van der Waals surface area contributed by atoms with E-state index in [0.717, 1.165) is 23.0 Å². The van der Waals surface area contributed by atoms with Gasteiger partial charge in [0.05, 0.1) is 4.90 Å². The lowest BCUT2D eigenvalue weighted by Crippen LogP contribution is -2.24. The van der Waals surface area contributed by atoms with Gasteiger partial charge in [0, 0.05) is 16.6 Å². The van der Waals surface area contributed by atoms with Gasteiger partial charge < -0.3 is 0 Å². The minimum Gasteiger partial charge on any atom is -0.253 e. The van der Waals surface area contributed by atoms with Gasteiger partial charge in [-0.1, -0.05) is 57.2 Å². The lowest BCUT2D eigenvalue weighted by atomic mass is 9.70. The standard InChI is InChI=1S/C18H24ClN3O2S2/c1-3-13-6-4-5-7-15(13)12(2)16-9-8-14(10-17(16)19)26(23,24)22-18-20-11-21-25-18/h8-13,15H,3-7H2,1-2H3,(H,20,21,22)/t12-,13-,15?/m0/s1. The molecule has 0 spiro atoms. The normalized spacial score (nSPS) is 22.1. The summed E-state index contributed by atoms with van der Waals surface area (Å²) < 4.78 is 31.2. The van der Waals surface area contributed by atoms with Crippen LogP contribution in [0.15, 0.2) is 29.4 Å². The van der Waals surface area contributed by atoms with Gasteiger partial charge in [0.2, 0.25) is 5.13 Å². The van der Waals surface area contributed by atoms with Crippen molar-refractivity contribution in [1.29, 1.82) is 0 Å². The van der Waals surface area contributed by atoms with Crippen LogP contribution in [0.5, 0.6) is 0 Å². The smallest absolute Gasteiger partial charge is 0.253 e. The Morgan fingerprint density at radius 2 is 2.12 bits per heavy atom. The molecule has 0 amide bonds. The summed E-state index contributed by atoms with van der Waals surface area (Å²) >= 11 is 7.50. The van der Waals surface area contributed by atoms with Crippen LogP contribution >= 0.6 is 23.1 Å². The fourth-order valence-corrected chi connectivity index (χ4v) is 6.17. The molecule has 142 valence electrons. The van der Waals surface area contributed by atoms with Gasteiger partial charge >= 0.3 is 0 Å². The molecule has 1 aliphatic rings. The Balaban J connectivity index is 1.83. The molecule has 1 fully saturated rings. The van der Waals surface area contributed by atoms with E-state index in [1.807, 2.05) is 6.07 Å². The van der Waals surface area contributed by atoms with Crippen LogP contribution in [0.4, 0.5) is 5.13 Å². The van der Waals surface area contributed by atoms with E-state index in [1.165, 1.54) is 38.4 Å².